The summed E-state index contributed by atoms with van der Waals surface area (Å²) in [6.45, 7) is 3.34. The first-order valence-electron chi connectivity index (χ1n) is 6.62. The second-order valence-corrected chi connectivity index (χ2v) is 5.60. The lowest BCUT2D eigenvalue weighted by Gasteiger charge is -2.06. The minimum absolute atomic E-state index is 0.154. The van der Waals surface area contributed by atoms with Crippen LogP contribution in [0.4, 0.5) is 5.82 Å². The molecule has 0 saturated carbocycles. The summed E-state index contributed by atoms with van der Waals surface area (Å²) in [5, 5.41) is 6.09. The van der Waals surface area contributed by atoms with E-state index in [0.717, 1.165) is 10.5 Å². The lowest BCUT2D eigenvalue weighted by atomic mass is 10.2. The zero-order valence-electron chi connectivity index (χ0n) is 12.3. The van der Waals surface area contributed by atoms with Crippen LogP contribution in [0.5, 0.6) is 0 Å². The fourth-order valence-corrected chi connectivity index (χ4v) is 2.47. The number of aromatic nitrogens is 1. The summed E-state index contributed by atoms with van der Waals surface area (Å²) in [6.07, 6.45) is 0. The molecule has 7 heteroatoms. The summed E-state index contributed by atoms with van der Waals surface area (Å²) < 4.78 is 9.73. The molecule has 1 aromatic heterocycles. The van der Waals surface area contributed by atoms with Gasteiger partial charge >= 0.3 is 5.97 Å². The minimum Gasteiger partial charge on any atom is -0.455 e. The van der Waals surface area contributed by atoms with Crippen LogP contribution in [-0.2, 0) is 14.3 Å². The SMILES string of the molecule is Cc1cc(NC(=O)COC(=O)CSc2ccccc2C)no1. The van der Waals surface area contributed by atoms with Crippen molar-refractivity contribution < 1.29 is 18.8 Å². The number of hydrogen-bond acceptors (Lipinski definition) is 6. The number of benzene rings is 1. The van der Waals surface area contributed by atoms with Crippen molar-refractivity contribution in [1.29, 1.82) is 0 Å². The van der Waals surface area contributed by atoms with E-state index in [1.54, 1.807) is 13.0 Å². The Bertz CT molecular complexity index is 669. The van der Waals surface area contributed by atoms with E-state index in [-0.39, 0.29) is 12.4 Å². The molecular weight excluding hydrogens is 304 g/mol. The van der Waals surface area contributed by atoms with Gasteiger partial charge in [0, 0.05) is 11.0 Å². The smallest absolute Gasteiger partial charge is 0.316 e. The van der Waals surface area contributed by atoms with Gasteiger partial charge in [-0.2, -0.15) is 0 Å². The summed E-state index contributed by atoms with van der Waals surface area (Å²) in [6, 6.07) is 9.34. The van der Waals surface area contributed by atoms with Crippen LogP contribution in [0.3, 0.4) is 0 Å². The number of hydrogen-bond donors (Lipinski definition) is 1. The molecule has 0 aliphatic heterocycles. The fourth-order valence-electron chi connectivity index (χ4n) is 1.65. The van der Waals surface area contributed by atoms with E-state index < -0.39 is 11.9 Å². The lowest BCUT2D eigenvalue weighted by molar-refractivity contribution is -0.144. The first-order valence-corrected chi connectivity index (χ1v) is 7.60. The van der Waals surface area contributed by atoms with Gasteiger partial charge < -0.3 is 14.6 Å². The standard InChI is InChI=1S/C15H16N2O4S/c1-10-5-3-4-6-12(10)22-9-15(19)20-8-14(18)16-13-7-11(2)21-17-13/h3-7H,8-9H2,1-2H3,(H,16,17,18). The second-order valence-electron chi connectivity index (χ2n) is 4.59. The van der Waals surface area contributed by atoms with Gasteiger partial charge in [0.1, 0.15) is 5.76 Å². The van der Waals surface area contributed by atoms with Crippen molar-refractivity contribution in [1.82, 2.24) is 5.16 Å². The third-order valence-corrected chi connectivity index (χ3v) is 3.85. The molecule has 0 bridgehead atoms. The topological polar surface area (TPSA) is 81.4 Å². The number of nitrogens with one attached hydrogen (secondary N) is 1. The Balaban J connectivity index is 1.71. The molecule has 116 valence electrons. The molecule has 1 heterocycles. The van der Waals surface area contributed by atoms with Crippen molar-refractivity contribution in [2.45, 2.75) is 18.7 Å². The Hall–Kier alpha value is -2.28. The maximum Gasteiger partial charge on any atom is 0.316 e. The Labute approximate surface area is 132 Å². The summed E-state index contributed by atoms with van der Waals surface area (Å²) >= 11 is 1.38. The molecule has 0 saturated heterocycles. The van der Waals surface area contributed by atoms with Crippen molar-refractivity contribution >= 4 is 29.5 Å². The molecular formula is C15H16N2O4S. The maximum absolute atomic E-state index is 11.6. The van der Waals surface area contributed by atoms with E-state index in [4.69, 9.17) is 9.26 Å². The molecule has 0 fully saturated rings. The number of amides is 1. The van der Waals surface area contributed by atoms with Gasteiger partial charge in [0.05, 0.1) is 5.75 Å². The average molecular weight is 320 g/mol. The van der Waals surface area contributed by atoms with Gasteiger partial charge in [0.2, 0.25) is 0 Å². The molecule has 0 unspecified atom stereocenters. The Kier molecular flexibility index (Phi) is 5.60. The number of carbonyl (C=O) groups excluding carboxylic acids is 2. The molecule has 6 nitrogen and oxygen atoms in total. The lowest BCUT2D eigenvalue weighted by Crippen LogP contribution is -2.21. The van der Waals surface area contributed by atoms with E-state index in [1.807, 2.05) is 31.2 Å². The molecule has 2 aromatic rings. The van der Waals surface area contributed by atoms with Gasteiger partial charge in [-0.3, -0.25) is 9.59 Å². The van der Waals surface area contributed by atoms with Gasteiger partial charge in [-0.1, -0.05) is 23.4 Å². The Morgan fingerprint density at radius 3 is 2.77 bits per heavy atom. The number of rotatable bonds is 6. The summed E-state index contributed by atoms with van der Waals surface area (Å²) in [7, 11) is 0. The Morgan fingerprint density at radius 1 is 1.32 bits per heavy atom. The van der Waals surface area contributed by atoms with E-state index in [2.05, 4.69) is 10.5 Å². The maximum atomic E-state index is 11.6. The Morgan fingerprint density at radius 2 is 2.09 bits per heavy atom. The van der Waals surface area contributed by atoms with Crippen LogP contribution in [0.2, 0.25) is 0 Å². The highest BCUT2D eigenvalue weighted by Crippen LogP contribution is 2.21. The fraction of sp³-hybridized carbons (Fsp3) is 0.267. The molecule has 0 atom stereocenters. The van der Waals surface area contributed by atoms with Crippen molar-refractivity contribution in [2.75, 3.05) is 17.7 Å². The van der Waals surface area contributed by atoms with Crippen LogP contribution < -0.4 is 5.32 Å². The van der Waals surface area contributed by atoms with Crippen LogP contribution in [0, 0.1) is 13.8 Å². The van der Waals surface area contributed by atoms with Gasteiger partial charge in [0.15, 0.2) is 12.4 Å². The molecule has 0 spiro atoms. The molecule has 1 amide bonds. The first kappa shape index (κ1) is 16.1. The van der Waals surface area contributed by atoms with Gasteiger partial charge in [-0.15, -0.1) is 11.8 Å². The van der Waals surface area contributed by atoms with Crippen molar-refractivity contribution in [3.63, 3.8) is 0 Å². The van der Waals surface area contributed by atoms with E-state index in [0.29, 0.717) is 11.6 Å². The molecule has 0 aliphatic rings. The number of anilines is 1. The highest BCUT2D eigenvalue weighted by molar-refractivity contribution is 8.00. The van der Waals surface area contributed by atoms with Crippen molar-refractivity contribution in [3.8, 4) is 0 Å². The van der Waals surface area contributed by atoms with Gasteiger partial charge in [0.25, 0.3) is 5.91 Å². The molecule has 1 N–H and O–H groups in total. The van der Waals surface area contributed by atoms with Crippen molar-refractivity contribution in [3.05, 3.63) is 41.7 Å². The van der Waals surface area contributed by atoms with Crippen LogP contribution in [-0.4, -0.2) is 29.4 Å². The molecule has 0 radical (unpaired) electrons. The van der Waals surface area contributed by atoms with Crippen LogP contribution in [0.25, 0.3) is 0 Å². The van der Waals surface area contributed by atoms with E-state index >= 15 is 0 Å². The predicted octanol–water partition coefficient (Wildman–Crippen LogP) is 2.57. The summed E-state index contributed by atoms with van der Waals surface area (Å²) in [5.41, 5.74) is 1.10. The monoisotopic (exact) mass is 320 g/mol. The summed E-state index contributed by atoms with van der Waals surface area (Å²) in [5.74, 6) is 0.137. The number of carbonyl (C=O) groups is 2. The summed E-state index contributed by atoms with van der Waals surface area (Å²) in [4.78, 5) is 24.2. The average Bonchev–Trinajstić information content (AvgIpc) is 2.89. The number of aryl methyl sites for hydroxylation is 2. The zero-order chi connectivity index (χ0) is 15.9. The molecule has 2 rings (SSSR count). The van der Waals surface area contributed by atoms with E-state index in [9.17, 15) is 9.59 Å². The second kappa shape index (κ2) is 7.65. The largest absolute Gasteiger partial charge is 0.455 e. The van der Waals surface area contributed by atoms with Crippen molar-refractivity contribution in [2.24, 2.45) is 0 Å². The third-order valence-electron chi connectivity index (χ3n) is 2.70. The van der Waals surface area contributed by atoms with Gasteiger partial charge in [-0.05, 0) is 25.5 Å². The van der Waals surface area contributed by atoms with Crippen LogP contribution >= 0.6 is 11.8 Å². The normalized spacial score (nSPS) is 10.3. The molecule has 22 heavy (non-hydrogen) atoms. The number of esters is 1. The van der Waals surface area contributed by atoms with Gasteiger partial charge in [-0.25, -0.2) is 0 Å². The molecule has 0 aliphatic carbocycles. The van der Waals surface area contributed by atoms with Crippen LogP contribution in [0.1, 0.15) is 11.3 Å². The highest BCUT2D eigenvalue weighted by atomic mass is 32.2. The predicted molar refractivity (Wildman–Crippen MR) is 82.7 cm³/mol. The molecule has 1 aromatic carbocycles. The van der Waals surface area contributed by atoms with Crippen LogP contribution in [0.15, 0.2) is 39.8 Å². The minimum atomic E-state index is -0.456. The zero-order valence-corrected chi connectivity index (χ0v) is 13.1. The number of nitrogens with zero attached hydrogens (tertiary/aromatic N) is 1. The number of ether oxygens (including phenoxy) is 1. The van der Waals surface area contributed by atoms with E-state index in [1.165, 1.54) is 11.8 Å². The third kappa shape index (κ3) is 4.92. The highest BCUT2D eigenvalue weighted by Gasteiger charge is 2.10. The first-order chi connectivity index (χ1) is 10.5. The quantitative estimate of drug-likeness (QED) is 0.651. The number of thioether (sulfide) groups is 1.